The fraction of sp³-hybridized carbons (Fsp3) is 0.600. The van der Waals surface area contributed by atoms with Gasteiger partial charge in [0.1, 0.15) is 30.4 Å². The molecule has 1 saturated heterocycles. The fourth-order valence-electron chi connectivity index (χ4n) is 6.23. The van der Waals surface area contributed by atoms with Gasteiger partial charge in [0.15, 0.2) is 0 Å². The molecule has 0 spiro atoms. The Morgan fingerprint density at radius 1 is 0.927 bits per heavy atom. The first-order valence-electron chi connectivity index (χ1n) is 15.7. The molecule has 0 aromatic heterocycles. The van der Waals surface area contributed by atoms with Gasteiger partial charge < -0.3 is 14.2 Å². The van der Waals surface area contributed by atoms with Crippen LogP contribution in [0.15, 0.2) is 54.6 Å². The van der Waals surface area contributed by atoms with E-state index in [0.29, 0.717) is 76.5 Å². The van der Waals surface area contributed by atoms with Crippen LogP contribution in [0.4, 0.5) is 4.39 Å². The van der Waals surface area contributed by atoms with Crippen LogP contribution in [0.3, 0.4) is 0 Å². The molecular weight excluding hydrogens is 519 g/mol. The molecule has 0 radical (unpaired) electrons. The van der Waals surface area contributed by atoms with E-state index in [-0.39, 0.29) is 23.9 Å². The first-order valence-corrected chi connectivity index (χ1v) is 15.7. The number of alkyl halides is 1. The van der Waals surface area contributed by atoms with Crippen molar-refractivity contribution in [2.75, 3.05) is 13.2 Å². The summed E-state index contributed by atoms with van der Waals surface area (Å²) in [5.41, 5.74) is 2.19. The van der Waals surface area contributed by atoms with Crippen LogP contribution >= 0.6 is 0 Å². The molecule has 1 aliphatic carbocycles. The number of rotatable bonds is 15. The number of carbonyl (C=O) groups is 2. The van der Waals surface area contributed by atoms with E-state index in [9.17, 15) is 14.0 Å². The normalized spacial score (nSPS) is 21.1. The van der Waals surface area contributed by atoms with Crippen molar-refractivity contribution in [2.24, 2.45) is 17.8 Å². The second-order valence-corrected chi connectivity index (χ2v) is 12.0. The third-order valence-electron chi connectivity index (χ3n) is 8.75. The molecule has 1 saturated carbocycles. The highest BCUT2D eigenvalue weighted by molar-refractivity contribution is 5.81. The summed E-state index contributed by atoms with van der Waals surface area (Å²) in [6, 6.07) is 18.1. The summed E-state index contributed by atoms with van der Waals surface area (Å²) in [7, 11) is 0. The number of hydrogen-bond acceptors (Lipinski definition) is 5. The Kier molecular flexibility index (Phi) is 12.7. The van der Waals surface area contributed by atoms with E-state index in [1.807, 2.05) is 54.6 Å². The van der Waals surface area contributed by atoms with Crippen molar-refractivity contribution >= 4 is 11.8 Å². The van der Waals surface area contributed by atoms with E-state index in [0.717, 1.165) is 49.0 Å². The summed E-state index contributed by atoms with van der Waals surface area (Å²) in [5, 5.41) is 0. The fourth-order valence-corrected chi connectivity index (χ4v) is 6.23. The van der Waals surface area contributed by atoms with E-state index < -0.39 is 6.17 Å². The molecule has 6 heteroatoms. The first-order chi connectivity index (χ1) is 20.0. The lowest BCUT2D eigenvalue weighted by molar-refractivity contribution is -0.150. The van der Waals surface area contributed by atoms with Gasteiger partial charge in [-0.2, -0.15) is 0 Å². The molecule has 2 aliphatic rings. The highest BCUT2D eigenvalue weighted by Gasteiger charge is 2.29. The van der Waals surface area contributed by atoms with Crippen LogP contribution in [0.1, 0.15) is 88.7 Å². The number of ether oxygens (including phenoxy) is 3. The quantitative estimate of drug-likeness (QED) is 0.162. The Labute approximate surface area is 245 Å². The van der Waals surface area contributed by atoms with Gasteiger partial charge in [-0.25, -0.2) is 4.39 Å². The maximum absolute atomic E-state index is 14.1. The number of Topliss-reactive ketones (excluding diaryl/α,β-unsaturated/α-hetero) is 1. The minimum absolute atomic E-state index is 0.111. The lowest BCUT2D eigenvalue weighted by atomic mass is 9.77. The average Bonchev–Trinajstić information content (AvgIpc) is 3.00. The number of ketones is 1. The molecule has 2 fully saturated rings. The summed E-state index contributed by atoms with van der Waals surface area (Å²) >= 11 is 0. The van der Waals surface area contributed by atoms with Gasteiger partial charge in [0.05, 0.1) is 0 Å². The lowest BCUT2D eigenvalue weighted by Gasteiger charge is -2.32. The van der Waals surface area contributed by atoms with Crippen LogP contribution in [0, 0.1) is 17.8 Å². The molecule has 5 nitrogen and oxygen atoms in total. The van der Waals surface area contributed by atoms with Gasteiger partial charge in [-0.3, -0.25) is 9.59 Å². The summed E-state index contributed by atoms with van der Waals surface area (Å²) in [4.78, 5) is 25.3. The molecule has 4 atom stereocenters. The average molecular weight is 567 g/mol. The Morgan fingerprint density at radius 3 is 2.39 bits per heavy atom. The molecule has 4 rings (SSSR count). The van der Waals surface area contributed by atoms with Gasteiger partial charge in [-0.05, 0) is 86.5 Å². The number of unbranched alkanes of at least 4 members (excludes halogenated alkanes) is 1. The van der Waals surface area contributed by atoms with Crippen molar-refractivity contribution in [1.82, 2.24) is 0 Å². The summed E-state index contributed by atoms with van der Waals surface area (Å²) in [6.07, 6.45) is 7.39. The van der Waals surface area contributed by atoms with Crippen LogP contribution in [0.2, 0.25) is 0 Å². The number of hydrogen-bond donors (Lipinski definition) is 0. The van der Waals surface area contributed by atoms with Crippen LogP contribution in [0.5, 0.6) is 5.75 Å². The minimum atomic E-state index is -0.718. The summed E-state index contributed by atoms with van der Waals surface area (Å²) in [6.45, 7) is 4.01. The maximum Gasteiger partial charge on any atom is 0.306 e. The molecule has 1 heterocycles. The molecule has 2 aromatic rings. The third-order valence-corrected chi connectivity index (χ3v) is 8.75. The van der Waals surface area contributed by atoms with Crippen molar-refractivity contribution < 1.29 is 28.2 Å². The molecule has 4 unspecified atom stereocenters. The maximum atomic E-state index is 14.1. The number of esters is 1. The second kappa shape index (κ2) is 16.6. The topological polar surface area (TPSA) is 61.8 Å². The van der Waals surface area contributed by atoms with Crippen LogP contribution in [-0.4, -0.2) is 37.2 Å². The van der Waals surface area contributed by atoms with Crippen molar-refractivity contribution in [2.45, 2.75) is 103 Å². The smallest absolute Gasteiger partial charge is 0.306 e. The Balaban J connectivity index is 1.28. The monoisotopic (exact) mass is 566 g/mol. The zero-order valence-corrected chi connectivity index (χ0v) is 24.6. The Bertz CT molecular complexity index is 1050. The van der Waals surface area contributed by atoms with Crippen LogP contribution < -0.4 is 4.74 Å². The minimum Gasteiger partial charge on any atom is -0.489 e. The van der Waals surface area contributed by atoms with Crippen LogP contribution in [0.25, 0.3) is 0 Å². The van der Waals surface area contributed by atoms with E-state index >= 15 is 0 Å². The predicted octanol–water partition coefficient (Wildman–Crippen LogP) is 7.83. The van der Waals surface area contributed by atoms with E-state index in [1.54, 1.807) is 0 Å². The number of carbonyl (C=O) groups excluding carboxylic acids is 2. The van der Waals surface area contributed by atoms with Gasteiger partial charge in [0, 0.05) is 38.4 Å². The molecule has 2 aromatic carbocycles. The lowest BCUT2D eigenvalue weighted by Crippen LogP contribution is -2.28. The number of benzene rings is 2. The second-order valence-electron chi connectivity index (χ2n) is 12.0. The standard InChI is InChI=1S/C35H47FO5/c1-26(30-10-7-11-31(36)24-30)22-33(41-35(38)13-6-5-12-34(37)29-18-20-39-21-19-29)23-27-14-16-32(17-15-27)40-25-28-8-3-2-4-9-28/h2-4,8-9,14-17,26,29-31,33H,5-7,10-13,18-25H2,1H3. The van der Waals surface area contributed by atoms with Gasteiger partial charge in [-0.15, -0.1) is 0 Å². The van der Waals surface area contributed by atoms with Gasteiger partial charge in [-0.1, -0.05) is 55.8 Å². The molecule has 0 bridgehead atoms. The zero-order valence-electron chi connectivity index (χ0n) is 24.6. The van der Waals surface area contributed by atoms with Gasteiger partial charge >= 0.3 is 5.97 Å². The van der Waals surface area contributed by atoms with Gasteiger partial charge in [0.25, 0.3) is 0 Å². The zero-order chi connectivity index (χ0) is 28.9. The van der Waals surface area contributed by atoms with Crippen molar-refractivity contribution in [1.29, 1.82) is 0 Å². The van der Waals surface area contributed by atoms with Gasteiger partial charge in [0.2, 0.25) is 0 Å². The van der Waals surface area contributed by atoms with Crippen molar-refractivity contribution in [3.05, 3.63) is 65.7 Å². The van der Waals surface area contributed by atoms with Crippen LogP contribution in [-0.2, 0) is 32.1 Å². The SMILES string of the molecule is CC(CC(Cc1ccc(OCc2ccccc2)cc1)OC(=O)CCCCC(=O)C1CCOCC1)C1CCCC(F)C1. The molecule has 0 amide bonds. The third kappa shape index (κ3) is 10.9. The summed E-state index contributed by atoms with van der Waals surface area (Å²) in [5.74, 6) is 1.59. The Hall–Kier alpha value is -2.73. The van der Waals surface area contributed by atoms with E-state index in [1.165, 1.54) is 0 Å². The largest absolute Gasteiger partial charge is 0.489 e. The molecule has 1 aliphatic heterocycles. The first kappa shape index (κ1) is 31.2. The van der Waals surface area contributed by atoms with Crippen molar-refractivity contribution in [3.8, 4) is 5.75 Å². The van der Waals surface area contributed by atoms with Crippen molar-refractivity contribution in [3.63, 3.8) is 0 Å². The molecule has 41 heavy (non-hydrogen) atoms. The molecular formula is C35H47FO5. The van der Waals surface area contributed by atoms with E-state index in [4.69, 9.17) is 14.2 Å². The Morgan fingerprint density at radius 2 is 1.66 bits per heavy atom. The summed E-state index contributed by atoms with van der Waals surface area (Å²) < 4.78 is 31.4. The predicted molar refractivity (Wildman–Crippen MR) is 158 cm³/mol. The molecule has 224 valence electrons. The molecule has 0 N–H and O–H groups in total. The number of halogens is 1. The highest BCUT2D eigenvalue weighted by atomic mass is 19.1. The van der Waals surface area contributed by atoms with E-state index in [2.05, 4.69) is 6.92 Å². The highest BCUT2D eigenvalue weighted by Crippen LogP contribution is 2.34.